The fraction of sp³-hybridized carbons (Fsp3) is 0.294. The minimum absolute atomic E-state index is 0.0453. The van der Waals surface area contributed by atoms with Crippen LogP contribution in [0.3, 0.4) is 0 Å². The second kappa shape index (κ2) is 5.82. The van der Waals surface area contributed by atoms with E-state index in [-0.39, 0.29) is 23.8 Å². The third-order valence-corrected chi connectivity index (χ3v) is 3.79. The maximum absolute atomic E-state index is 13.7. The number of fused-ring (bicyclic) bond motifs is 1. The molecule has 110 valence electrons. The standard InChI is InChI=1S/C17H17F2NO/c1-11(15-4-2-3-5-16(15)19)20-10-14-9-12-8-13(18)6-7-17(12)21-14/h2-8,11,14,20H,9-10H2,1H3/t11-,14?/m1/s1. The summed E-state index contributed by atoms with van der Waals surface area (Å²) in [5.74, 6) is 0.280. The van der Waals surface area contributed by atoms with Crippen LogP contribution in [0, 0.1) is 11.6 Å². The molecule has 2 atom stereocenters. The Balaban J connectivity index is 1.59. The first-order valence-corrected chi connectivity index (χ1v) is 7.06. The van der Waals surface area contributed by atoms with E-state index in [0.29, 0.717) is 18.5 Å². The average molecular weight is 289 g/mol. The van der Waals surface area contributed by atoms with Crippen LogP contribution < -0.4 is 10.1 Å². The highest BCUT2D eigenvalue weighted by Gasteiger charge is 2.23. The highest BCUT2D eigenvalue weighted by molar-refractivity contribution is 5.38. The Morgan fingerprint density at radius 3 is 2.86 bits per heavy atom. The molecule has 3 rings (SSSR count). The van der Waals surface area contributed by atoms with Crippen molar-refractivity contribution in [3.63, 3.8) is 0 Å². The van der Waals surface area contributed by atoms with Gasteiger partial charge in [-0.1, -0.05) is 18.2 Å². The van der Waals surface area contributed by atoms with Gasteiger partial charge in [0.1, 0.15) is 23.5 Å². The summed E-state index contributed by atoms with van der Waals surface area (Å²) in [5, 5.41) is 3.27. The molecule has 0 spiro atoms. The molecule has 1 aliphatic heterocycles. The Hall–Kier alpha value is -1.94. The van der Waals surface area contributed by atoms with Crippen molar-refractivity contribution in [2.75, 3.05) is 6.54 Å². The average Bonchev–Trinajstić information content (AvgIpc) is 2.87. The second-order valence-electron chi connectivity index (χ2n) is 5.35. The number of rotatable bonds is 4. The van der Waals surface area contributed by atoms with Crippen LogP contribution in [0.5, 0.6) is 5.75 Å². The highest BCUT2D eigenvalue weighted by atomic mass is 19.1. The van der Waals surface area contributed by atoms with E-state index in [9.17, 15) is 8.78 Å². The summed E-state index contributed by atoms with van der Waals surface area (Å²) in [5.41, 5.74) is 1.53. The van der Waals surface area contributed by atoms with Crippen molar-refractivity contribution < 1.29 is 13.5 Å². The summed E-state index contributed by atoms with van der Waals surface area (Å²) < 4.78 is 32.6. The van der Waals surface area contributed by atoms with E-state index < -0.39 is 0 Å². The van der Waals surface area contributed by atoms with Crippen molar-refractivity contribution in [1.29, 1.82) is 0 Å². The first-order chi connectivity index (χ1) is 10.1. The molecule has 0 aliphatic carbocycles. The minimum Gasteiger partial charge on any atom is -0.488 e. The molecule has 0 fully saturated rings. The number of nitrogens with one attached hydrogen (secondary N) is 1. The van der Waals surface area contributed by atoms with E-state index in [1.807, 2.05) is 13.0 Å². The van der Waals surface area contributed by atoms with Crippen LogP contribution in [0.25, 0.3) is 0 Å². The molecule has 21 heavy (non-hydrogen) atoms. The zero-order valence-corrected chi connectivity index (χ0v) is 11.8. The van der Waals surface area contributed by atoms with E-state index in [1.54, 1.807) is 18.2 Å². The number of ether oxygens (including phenoxy) is 1. The van der Waals surface area contributed by atoms with Crippen molar-refractivity contribution in [3.05, 3.63) is 65.2 Å². The van der Waals surface area contributed by atoms with Crippen molar-refractivity contribution >= 4 is 0 Å². The summed E-state index contributed by atoms with van der Waals surface area (Å²) in [7, 11) is 0. The van der Waals surface area contributed by atoms with Crippen LogP contribution in [-0.4, -0.2) is 12.6 Å². The molecule has 0 saturated heterocycles. The number of benzene rings is 2. The lowest BCUT2D eigenvalue weighted by Crippen LogP contribution is -2.32. The van der Waals surface area contributed by atoms with Gasteiger partial charge in [0.2, 0.25) is 0 Å². The SMILES string of the molecule is C[C@@H](NCC1Cc2cc(F)ccc2O1)c1ccccc1F. The molecular weight excluding hydrogens is 272 g/mol. The largest absolute Gasteiger partial charge is 0.488 e. The normalized spacial score (nSPS) is 18.1. The van der Waals surface area contributed by atoms with Crippen LogP contribution >= 0.6 is 0 Å². The lowest BCUT2D eigenvalue weighted by atomic mass is 10.1. The smallest absolute Gasteiger partial charge is 0.127 e. The van der Waals surface area contributed by atoms with Gasteiger partial charge in [0.15, 0.2) is 0 Å². The molecule has 2 nitrogen and oxygen atoms in total. The summed E-state index contributed by atoms with van der Waals surface area (Å²) in [4.78, 5) is 0. The fourth-order valence-corrected chi connectivity index (χ4v) is 2.65. The Morgan fingerprint density at radius 2 is 2.05 bits per heavy atom. The van der Waals surface area contributed by atoms with Gasteiger partial charge >= 0.3 is 0 Å². The van der Waals surface area contributed by atoms with Crippen molar-refractivity contribution in [2.45, 2.75) is 25.5 Å². The van der Waals surface area contributed by atoms with Gasteiger partial charge in [0.05, 0.1) is 0 Å². The van der Waals surface area contributed by atoms with Gasteiger partial charge in [-0.15, -0.1) is 0 Å². The van der Waals surface area contributed by atoms with Crippen molar-refractivity contribution in [3.8, 4) is 5.75 Å². The van der Waals surface area contributed by atoms with E-state index in [2.05, 4.69) is 5.32 Å². The van der Waals surface area contributed by atoms with Gasteiger partial charge in [-0.3, -0.25) is 0 Å². The first kappa shape index (κ1) is 14.0. The third-order valence-electron chi connectivity index (χ3n) is 3.79. The number of hydrogen-bond acceptors (Lipinski definition) is 2. The van der Waals surface area contributed by atoms with E-state index in [0.717, 1.165) is 11.3 Å². The highest BCUT2D eigenvalue weighted by Crippen LogP contribution is 2.29. The maximum Gasteiger partial charge on any atom is 0.127 e. The maximum atomic E-state index is 13.7. The fourth-order valence-electron chi connectivity index (χ4n) is 2.65. The minimum atomic E-state index is -0.245. The molecule has 0 radical (unpaired) electrons. The van der Waals surface area contributed by atoms with Gasteiger partial charge in [-0.05, 0) is 31.2 Å². The second-order valence-corrected chi connectivity index (χ2v) is 5.35. The summed E-state index contributed by atoms with van der Waals surface area (Å²) >= 11 is 0. The van der Waals surface area contributed by atoms with E-state index in [1.165, 1.54) is 18.2 Å². The lowest BCUT2D eigenvalue weighted by molar-refractivity contribution is 0.222. The zero-order valence-electron chi connectivity index (χ0n) is 11.8. The zero-order chi connectivity index (χ0) is 14.8. The van der Waals surface area contributed by atoms with Gasteiger partial charge in [-0.25, -0.2) is 8.78 Å². The molecular formula is C17H17F2NO. The Bertz CT molecular complexity index is 644. The van der Waals surface area contributed by atoms with Crippen molar-refractivity contribution in [2.24, 2.45) is 0 Å². The van der Waals surface area contributed by atoms with E-state index >= 15 is 0 Å². The Labute approximate surface area is 122 Å². The topological polar surface area (TPSA) is 21.3 Å². The molecule has 1 heterocycles. The molecule has 0 bridgehead atoms. The molecule has 4 heteroatoms. The molecule has 2 aromatic carbocycles. The van der Waals surface area contributed by atoms with Crippen LogP contribution in [0.15, 0.2) is 42.5 Å². The molecule has 1 aliphatic rings. The molecule has 2 aromatic rings. The quantitative estimate of drug-likeness (QED) is 0.928. The van der Waals surface area contributed by atoms with Crippen LogP contribution in [0.1, 0.15) is 24.1 Å². The molecule has 1 unspecified atom stereocenters. The van der Waals surface area contributed by atoms with E-state index in [4.69, 9.17) is 4.74 Å². The van der Waals surface area contributed by atoms with Gasteiger partial charge in [-0.2, -0.15) is 0 Å². The molecule has 0 aromatic heterocycles. The molecule has 0 saturated carbocycles. The molecule has 0 amide bonds. The van der Waals surface area contributed by atoms with Crippen LogP contribution in [-0.2, 0) is 6.42 Å². The summed E-state index contributed by atoms with van der Waals surface area (Å²) in [6.45, 7) is 2.51. The van der Waals surface area contributed by atoms with Gasteiger partial charge < -0.3 is 10.1 Å². The Morgan fingerprint density at radius 1 is 1.24 bits per heavy atom. The third kappa shape index (κ3) is 3.05. The summed E-state index contributed by atoms with van der Waals surface area (Å²) in [6, 6.07) is 11.2. The van der Waals surface area contributed by atoms with Crippen LogP contribution in [0.2, 0.25) is 0 Å². The van der Waals surface area contributed by atoms with Crippen LogP contribution in [0.4, 0.5) is 8.78 Å². The summed E-state index contributed by atoms with van der Waals surface area (Å²) in [6.07, 6.45) is 0.625. The van der Waals surface area contributed by atoms with Gasteiger partial charge in [0.25, 0.3) is 0 Å². The predicted octanol–water partition coefficient (Wildman–Crippen LogP) is 3.62. The van der Waals surface area contributed by atoms with Gasteiger partial charge in [0, 0.05) is 30.1 Å². The van der Waals surface area contributed by atoms with Crippen molar-refractivity contribution in [1.82, 2.24) is 5.32 Å². The monoisotopic (exact) mass is 289 g/mol. The Kier molecular flexibility index (Phi) is 3.88. The predicted molar refractivity (Wildman–Crippen MR) is 77.3 cm³/mol. The molecule has 1 N–H and O–H groups in total. The number of halogens is 2. The first-order valence-electron chi connectivity index (χ1n) is 7.06. The number of hydrogen-bond donors (Lipinski definition) is 1. The lowest BCUT2D eigenvalue weighted by Gasteiger charge is -2.18.